The summed E-state index contributed by atoms with van der Waals surface area (Å²) in [4.78, 5) is 26.8. The maximum absolute atomic E-state index is 12.3. The molecule has 154 valence electrons. The van der Waals surface area contributed by atoms with Gasteiger partial charge in [0.1, 0.15) is 6.79 Å². The highest BCUT2D eigenvalue weighted by molar-refractivity contribution is 6.64. The number of nitrogens with zero attached hydrogens (tertiary/aromatic N) is 2. The van der Waals surface area contributed by atoms with Crippen LogP contribution in [0.3, 0.4) is 0 Å². The van der Waals surface area contributed by atoms with E-state index in [2.05, 4.69) is 24.7 Å². The fourth-order valence-electron chi connectivity index (χ4n) is 4.25. The van der Waals surface area contributed by atoms with Crippen molar-refractivity contribution < 1.29 is 28.6 Å². The second-order valence-electron chi connectivity index (χ2n) is 7.91. The van der Waals surface area contributed by atoms with Crippen LogP contribution in [0.25, 0.3) is 5.53 Å². The molecule has 1 saturated carbocycles. The van der Waals surface area contributed by atoms with Gasteiger partial charge in [0.15, 0.2) is 0 Å². The number of ether oxygens (including phenoxy) is 3. The lowest BCUT2D eigenvalue weighted by molar-refractivity contribution is -0.141. The molecule has 0 bridgehead atoms. The minimum atomic E-state index is -0.938. The highest BCUT2D eigenvalue weighted by Crippen LogP contribution is 2.50. The summed E-state index contributed by atoms with van der Waals surface area (Å²) in [7, 11) is 1.58. The van der Waals surface area contributed by atoms with Crippen molar-refractivity contribution in [3.8, 4) is 0 Å². The predicted molar refractivity (Wildman–Crippen MR) is 103 cm³/mol. The molecule has 7 heteroatoms. The summed E-state index contributed by atoms with van der Waals surface area (Å²) in [6, 6.07) is 0. The van der Waals surface area contributed by atoms with Crippen LogP contribution in [0, 0.1) is 17.3 Å². The van der Waals surface area contributed by atoms with E-state index in [0.29, 0.717) is 5.92 Å². The Morgan fingerprint density at radius 3 is 2.75 bits per heavy atom. The molecule has 7 nitrogen and oxygen atoms in total. The fourth-order valence-corrected chi connectivity index (χ4v) is 4.25. The zero-order valence-electron chi connectivity index (χ0n) is 17.1. The SMILES string of the molecule is CCOC(=O)C(=[N+]=[N-])C(=O)/C=C\[C@H]1CC[C@H]2C(=CCCC2(C)C)[C@@H]1OCOC. The quantitative estimate of drug-likeness (QED) is 0.0927. The number of allylic oxidation sites excluding steroid dienone is 2. The van der Waals surface area contributed by atoms with Crippen LogP contribution in [0.4, 0.5) is 0 Å². The first-order chi connectivity index (χ1) is 13.4. The zero-order chi connectivity index (χ0) is 20.7. The van der Waals surface area contributed by atoms with Crippen LogP contribution in [-0.2, 0) is 23.8 Å². The summed E-state index contributed by atoms with van der Waals surface area (Å²) in [5, 5.41) is 0. The number of hydrogen-bond acceptors (Lipinski definition) is 5. The number of esters is 1. The lowest BCUT2D eigenvalue weighted by Crippen LogP contribution is -2.41. The van der Waals surface area contributed by atoms with Crippen molar-refractivity contribution in [2.24, 2.45) is 17.3 Å². The van der Waals surface area contributed by atoms with Gasteiger partial charge < -0.3 is 19.7 Å². The molecule has 0 amide bonds. The van der Waals surface area contributed by atoms with Gasteiger partial charge in [-0.05, 0) is 55.6 Å². The number of hydrogen-bond donors (Lipinski definition) is 0. The lowest BCUT2D eigenvalue weighted by Gasteiger charge is -2.47. The highest BCUT2D eigenvalue weighted by Gasteiger charge is 2.43. The van der Waals surface area contributed by atoms with Gasteiger partial charge in [-0.25, -0.2) is 4.79 Å². The Balaban J connectivity index is 2.20. The summed E-state index contributed by atoms with van der Waals surface area (Å²) < 4.78 is 15.8. The van der Waals surface area contributed by atoms with Crippen LogP contribution in [0.5, 0.6) is 0 Å². The van der Waals surface area contributed by atoms with E-state index in [1.54, 1.807) is 20.1 Å². The molecule has 2 rings (SSSR count). The molecule has 28 heavy (non-hydrogen) atoms. The van der Waals surface area contributed by atoms with Gasteiger partial charge in [0.2, 0.25) is 0 Å². The molecule has 0 aromatic carbocycles. The molecule has 0 heterocycles. The second kappa shape index (κ2) is 9.92. The molecule has 0 unspecified atom stereocenters. The van der Waals surface area contributed by atoms with E-state index in [1.165, 1.54) is 11.6 Å². The minimum absolute atomic E-state index is 0.0300. The molecule has 3 atom stereocenters. The van der Waals surface area contributed by atoms with E-state index in [0.717, 1.165) is 25.7 Å². The van der Waals surface area contributed by atoms with Crippen molar-refractivity contribution in [2.45, 2.75) is 52.6 Å². The summed E-state index contributed by atoms with van der Waals surface area (Å²) in [6.45, 7) is 6.46. The first kappa shape index (κ1) is 22.2. The Kier molecular flexibility index (Phi) is 7.87. The molecule has 0 aromatic heterocycles. The van der Waals surface area contributed by atoms with E-state index in [4.69, 9.17) is 19.7 Å². The summed E-state index contributed by atoms with van der Waals surface area (Å²) in [5.41, 5.74) is 9.85. The molecular formula is C21H30N2O5. The largest absolute Gasteiger partial charge is 0.457 e. The third-order valence-corrected chi connectivity index (χ3v) is 5.68. The van der Waals surface area contributed by atoms with E-state index < -0.39 is 17.5 Å². The van der Waals surface area contributed by atoms with Crippen LogP contribution in [0.1, 0.15) is 46.5 Å². The third kappa shape index (κ3) is 5.04. The predicted octanol–water partition coefficient (Wildman–Crippen LogP) is 3.11. The summed E-state index contributed by atoms with van der Waals surface area (Å²) >= 11 is 0. The summed E-state index contributed by atoms with van der Waals surface area (Å²) in [6.07, 6.45) is 9.11. The average Bonchev–Trinajstić information content (AvgIpc) is 2.65. The van der Waals surface area contributed by atoms with Crippen LogP contribution >= 0.6 is 0 Å². The monoisotopic (exact) mass is 390 g/mol. The Labute approximate surface area is 166 Å². The van der Waals surface area contributed by atoms with E-state index in [9.17, 15) is 9.59 Å². The van der Waals surface area contributed by atoms with Crippen LogP contribution < -0.4 is 0 Å². The second-order valence-corrected chi connectivity index (χ2v) is 7.91. The van der Waals surface area contributed by atoms with Crippen LogP contribution in [0.2, 0.25) is 0 Å². The molecule has 0 aromatic rings. The minimum Gasteiger partial charge on any atom is -0.457 e. The number of carbonyl (C=O) groups is 2. The lowest BCUT2D eigenvalue weighted by atomic mass is 9.60. The number of carbonyl (C=O) groups excluding carboxylic acids is 2. The van der Waals surface area contributed by atoms with Crippen molar-refractivity contribution in [3.05, 3.63) is 29.3 Å². The Bertz CT molecular complexity index is 704. The number of methoxy groups -OCH3 is 1. The maximum atomic E-state index is 12.3. The van der Waals surface area contributed by atoms with Gasteiger partial charge >= 0.3 is 11.7 Å². The highest BCUT2D eigenvalue weighted by atomic mass is 16.7. The van der Waals surface area contributed by atoms with Gasteiger partial charge in [0.05, 0.1) is 12.7 Å². The molecule has 2 aliphatic carbocycles. The standard InChI is InChI=1S/C21H30N2O5/c1-5-27-20(25)18(23-22)17(24)11-9-14-8-10-16-15(19(14)28-13-26-4)7-6-12-21(16,2)3/h7,9,11,14,16,19H,5-6,8,10,12-13H2,1-4H3/b11-9-/t14-,16+,19-/m1/s1. The van der Waals surface area contributed by atoms with Crippen molar-refractivity contribution in [2.75, 3.05) is 20.5 Å². The fraction of sp³-hybridized carbons (Fsp3) is 0.667. The van der Waals surface area contributed by atoms with E-state index in [1.807, 2.05) is 0 Å². The van der Waals surface area contributed by atoms with Gasteiger partial charge in [-0.1, -0.05) is 26.0 Å². The van der Waals surface area contributed by atoms with Crippen LogP contribution in [0.15, 0.2) is 23.8 Å². The molecule has 0 N–H and O–H groups in total. The molecule has 2 aliphatic rings. The van der Waals surface area contributed by atoms with E-state index in [-0.39, 0.29) is 30.8 Å². The normalized spacial score (nSPS) is 26.1. The number of fused-ring (bicyclic) bond motifs is 1. The van der Waals surface area contributed by atoms with E-state index >= 15 is 0 Å². The van der Waals surface area contributed by atoms with Gasteiger partial charge in [0.25, 0.3) is 5.78 Å². The van der Waals surface area contributed by atoms with Gasteiger partial charge in [0, 0.05) is 13.0 Å². The molecule has 0 spiro atoms. The van der Waals surface area contributed by atoms with Crippen molar-refractivity contribution >= 4 is 17.5 Å². The molecule has 0 aliphatic heterocycles. The van der Waals surface area contributed by atoms with Crippen molar-refractivity contribution in [1.82, 2.24) is 0 Å². The van der Waals surface area contributed by atoms with Crippen molar-refractivity contribution in [3.63, 3.8) is 0 Å². The molecule has 0 radical (unpaired) electrons. The molecule has 0 saturated heterocycles. The van der Waals surface area contributed by atoms with Crippen molar-refractivity contribution in [1.29, 1.82) is 0 Å². The first-order valence-corrected chi connectivity index (χ1v) is 9.77. The topological polar surface area (TPSA) is 98.2 Å². The number of rotatable bonds is 8. The molecule has 1 fully saturated rings. The Morgan fingerprint density at radius 2 is 2.11 bits per heavy atom. The average molecular weight is 390 g/mol. The zero-order valence-corrected chi connectivity index (χ0v) is 17.1. The Hall–Kier alpha value is -2.08. The van der Waals surface area contributed by atoms with Crippen LogP contribution in [-0.4, -0.2) is 48.9 Å². The van der Waals surface area contributed by atoms with Gasteiger partial charge in [-0.3, -0.25) is 4.79 Å². The third-order valence-electron chi connectivity index (χ3n) is 5.68. The molecular weight excluding hydrogens is 360 g/mol. The summed E-state index contributed by atoms with van der Waals surface area (Å²) in [5.74, 6) is -1.21. The van der Waals surface area contributed by atoms with Gasteiger partial charge in [-0.2, -0.15) is 4.79 Å². The van der Waals surface area contributed by atoms with Gasteiger partial charge in [-0.15, -0.1) is 0 Å². The Morgan fingerprint density at radius 1 is 1.36 bits per heavy atom. The maximum Gasteiger partial charge on any atom is 0.445 e. The number of ketones is 1. The first-order valence-electron chi connectivity index (χ1n) is 9.77. The smallest absolute Gasteiger partial charge is 0.445 e.